The first kappa shape index (κ1) is 18.8. The second-order valence-corrected chi connectivity index (χ2v) is 8.58. The first-order chi connectivity index (χ1) is 12.4. The zero-order valence-electron chi connectivity index (χ0n) is 16.1. The summed E-state index contributed by atoms with van der Waals surface area (Å²) in [7, 11) is 0. The minimum absolute atomic E-state index is 0.578. The van der Waals surface area contributed by atoms with Crippen molar-refractivity contribution in [2.45, 2.75) is 115 Å². The van der Waals surface area contributed by atoms with Crippen molar-refractivity contribution in [3.05, 3.63) is 29.3 Å². The van der Waals surface area contributed by atoms with Crippen LogP contribution < -0.4 is 0 Å². The van der Waals surface area contributed by atoms with Gasteiger partial charge in [0.05, 0.1) is 0 Å². The van der Waals surface area contributed by atoms with Crippen LogP contribution in [0.3, 0.4) is 0 Å². The summed E-state index contributed by atoms with van der Waals surface area (Å²) in [4.78, 5) is 0. The molecule has 1 aromatic rings. The van der Waals surface area contributed by atoms with Crippen molar-refractivity contribution in [2.24, 2.45) is 0 Å². The van der Waals surface area contributed by atoms with Gasteiger partial charge in [0, 0.05) is 0 Å². The minimum atomic E-state index is 0.578. The van der Waals surface area contributed by atoms with Crippen molar-refractivity contribution in [2.75, 3.05) is 0 Å². The molecule has 0 aliphatic heterocycles. The van der Waals surface area contributed by atoms with E-state index in [1.807, 2.05) is 0 Å². The molecule has 0 radical (unpaired) electrons. The lowest BCUT2D eigenvalue weighted by atomic mass is 9.83. The van der Waals surface area contributed by atoms with Crippen LogP contribution in [0.25, 0.3) is 0 Å². The number of hydrogen-bond acceptors (Lipinski definition) is 1. The Balaban J connectivity index is 1.77. The lowest BCUT2D eigenvalue weighted by molar-refractivity contribution is 0.427. The van der Waals surface area contributed by atoms with Crippen LogP contribution in [0.4, 0.5) is 0 Å². The fourth-order valence-corrected chi connectivity index (χ4v) is 5.13. The van der Waals surface area contributed by atoms with Gasteiger partial charge >= 0.3 is 0 Å². The van der Waals surface area contributed by atoms with Crippen LogP contribution in [0.15, 0.2) is 18.2 Å². The summed E-state index contributed by atoms with van der Waals surface area (Å²) in [6.07, 6.45) is 21.5. The molecule has 1 nitrogen and oxygen atoms in total. The summed E-state index contributed by atoms with van der Waals surface area (Å²) in [5.41, 5.74) is 2.53. The van der Waals surface area contributed by atoms with Gasteiger partial charge in [-0.25, -0.2) is 0 Å². The van der Waals surface area contributed by atoms with Gasteiger partial charge in [0.1, 0.15) is 5.75 Å². The second kappa shape index (κ2) is 10.2. The highest BCUT2D eigenvalue weighted by Gasteiger charge is 2.22. The zero-order chi connectivity index (χ0) is 17.3. The van der Waals surface area contributed by atoms with E-state index in [1.54, 1.807) is 0 Å². The lowest BCUT2D eigenvalue weighted by Crippen LogP contribution is -2.04. The molecule has 2 aliphatic carbocycles. The Morgan fingerprint density at radius 2 is 0.840 bits per heavy atom. The number of aromatic hydroxyl groups is 1. The van der Waals surface area contributed by atoms with E-state index in [9.17, 15) is 5.11 Å². The Morgan fingerprint density at radius 3 is 1.20 bits per heavy atom. The summed E-state index contributed by atoms with van der Waals surface area (Å²) in [6, 6.07) is 6.66. The molecule has 0 unspecified atom stereocenters. The molecule has 0 spiro atoms. The third-order valence-corrected chi connectivity index (χ3v) is 6.69. The molecule has 25 heavy (non-hydrogen) atoms. The van der Waals surface area contributed by atoms with E-state index >= 15 is 0 Å². The largest absolute Gasteiger partial charge is 0.507 e. The van der Waals surface area contributed by atoms with Gasteiger partial charge in [-0.05, 0) is 48.6 Å². The number of benzene rings is 1. The predicted molar refractivity (Wildman–Crippen MR) is 107 cm³/mol. The SMILES string of the molecule is Oc1c(C2CCCCCCCC2)cccc1C1CCCCCCCC1. The maximum atomic E-state index is 11.2. The molecule has 140 valence electrons. The summed E-state index contributed by atoms with van der Waals surface area (Å²) < 4.78 is 0. The van der Waals surface area contributed by atoms with Gasteiger partial charge in [-0.1, -0.05) is 95.2 Å². The molecule has 0 aromatic heterocycles. The predicted octanol–water partition coefficient (Wildman–Crippen LogP) is 7.83. The van der Waals surface area contributed by atoms with Crippen molar-refractivity contribution in [1.29, 1.82) is 0 Å². The summed E-state index contributed by atoms with van der Waals surface area (Å²) in [6.45, 7) is 0. The van der Waals surface area contributed by atoms with E-state index in [1.165, 1.54) is 114 Å². The Labute approximate surface area is 155 Å². The van der Waals surface area contributed by atoms with Crippen LogP contribution in [-0.2, 0) is 0 Å². The molecule has 1 N–H and O–H groups in total. The lowest BCUT2D eigenvalue weighted by Gasteiger charge is -2.23. The molecule has 3 rings (SSSR count). The molecule has 0 saturated heterocycles. The van der Waals surface area contributed by atoms with E-state index in [0.717, 1.165) is 0 Å². The normalized spacial score (nSPS) is 22.9. The van der Waals surface area contributed by atoms with Crippen LogP contribution in [-0.4, -0.2) is 5.11 Å². The van der Waals surface area contributed by atoms with Gasteiger partial charge < -0.3 is 5.11 Å². The maximum Gasteiger partial charge on any atom is 0.122 e. The van der Waals surface area contributed by atoms with E-state index < -0.39 is 0 Å². The van der Waals surface area contributed by atoms with E-state index in [4.69, 9.17) is 0 Å². The first-order valence-electron chi connectivity index (χ1n) is 11.2. The quantitative estimate of drug-likeness (QED) is 0.580. The van der Waals surface area contributed by atoms with Gasteiger partial charge in [0.2, 0.25) is 0 Å². The van der Waals surface area contributed by atoms with Crippen molar-refractivity contribution in [3.8, 4) is 5.75 Å². The number of hydrogen-bond donors (Lipinski definition) is 1. The topological polar surface area (TPSA) is 20.2 Å². The van der Waals surface area contributed by atoms with Gasteiger partial charge in [0.25, 0.3) is 0 Å². The van der Waals surface area contributed by atoms with Gasteiger partial charge in [-0.2, -0.15) is 0 Å². The minimum Gasteiger partial charge on any atom is -0.507 e. The average molecular weight is 343 g/mol. The summed E-state index contributed by atoms with van der Waals surface area (Å²) in [5, 5.41) is 11.2. The Kier molecular flexibility index (Phi) is 7.70. The van der Waals surface area contributed by atoms with Gasteiger partial charge in [-0.15, -0.1) is 0 Å². The fraction of sp³-hybridized carbons (Fsp3) is 0.750. The van der Waals surface area contributed by atoms with E-state index in [2.05, 4.69) is 18.2 Å². The van der Waals surface area contributed by atoms with Crippen molar-refractivity contribution in [1.82, 2.24) is 0 Å². The van der Waals surface area contributed by atoms with Crippen LogP contribution >= 0.6 is 0 Å². The smallest absolute Gasteiger partial charge is 0.122 e. The highest BCUT2D eigenvalue weighted by molar-refractivity contribution is 5.44. The number of phenolic OH excluding ortho intramolecular Hbond substituents is 1. The van der Waals surface area contributed by atoms with Gasteiger partial charge in [0.15, 0.2) is 0 Å². The monoisotopic (exact) mass is 342 g/mol. The number of para-hydroxylation sites is 1. The summed E-state index contributed by atoms with van der Waals surface area (Å²) >= 11 is 0. The third kappa shape index (κ3) is 5.50. The molecule has 0 heterocycles. The molecule has 1 heteroatoms. The molecule has 2 fully saturated rings. The van der Waals surface area contributed by atoms with Crippen LogP contribution in [0.5, 0.6) is 5.75 Å². The van der Waals surface area contributed by atoms with E-state index in [0.29, 0.717) is 17.6 Å². The van der Waals surface area contributed by atoms with Crippen LogP contribution in [0.1, 0.15) is 126 Å². The molecule has 1 aromatic carbocycles. The van der Waals surface area contributed by atoms with Crippen LogP contribution in [0, 0.1) is 0 Å². The van der Waals surface area contributed by atoms with Crippen molar-refractivity contribution >= 4 is 0 Å². The summed E-state index contributed by atoms with van der Waals surface area (Å²) in [5.74, 6) is 1.82. The molecular weight excluding hydrogens is 304 g/mol. The first-order valence-corrected chi connectivity index (χ1v) is 11.2. The molecule has 0 bridgehead atoms. The third-order valence-electron chi connectivity index (χ3n) is 6.69. The highest BCUT2D eigenvalue weighted by Crippen LogP contribution is 2.41. The molecular formula is C24H38O. The highest BCUT2D eigenvalue weighted by atomic mass is 16.3. The van der Waals surface area contributed by atoms with Crippen LogP contribution in [0.2, 0.25) is 0 Å². The van der Waals surface area contributed by atoms with Crippen molar-refractivity contribution < 1.29 is 5.11 Å². The van der Waals surface area contributed by atoms with Gasteiger partial charge in [-0.3, -0.25) is 0 Å². The Morgan fingerprint density at radius 1 is 0.520 bits per heavy atom. The average Bonchev–Trinajstić information content (AvgIpc) is 2.85. The second-order valence-electron chi connectivity index (χ2n) is 8.58. The maximum absolute atomic E-state index is 11.2. The molecule has 0 amide bonds. The number of rotatable bonds is 2. The Hall–Kier alpha value is -0.980. The fourth-order valence-electron chi connectivity index (χ4n) is 5.13. The number of phenols is 1. The molecule has 2 saturated carbocycles. The molecule has 2 aliphatic rings. The standard InChI is InChI=1S/C24H38O/c25-24-22(20-14-9-5-1-2-6-10-15-20)18-13-19-23(24)21-16-11-7-3-4-8-12-17-21/h13,18-21,25H,1-12,14-17H2. The Bertz CT molecular complexity index is 445. The van der Waals surface area contributed by atoms with Crippen molar-refractivity contribution in [3.63, 3.8) is 0 Å². The molecule has 0 atom stereocenters. The van der Waals surface area contributed by atoms with E-state index in [-0.39, 0.29) is 0 Å². The zero-order valence-corrected chi connectivity index (χ0v) is 16.1.